The normalized spacial score (nSPS) is 10.2. The highest BCUT2D eigenvalue weighted by Gasteiger charge is 2.17. The Labute approximate surface area is 109 Å². The third-order valence-electron chi connectivity index (χ3n) is 2.36. The van der Waals surface area contributed by atoms with E-state index in [-0.39, 0.29) is 17.2 Å². The number of rotatable bonds is 8. The second kappa shape index (κ2) is 7.27. The molecule has 1 aromatic rings. The van der Waals surface area contributed by atoms with Crippen LogP contribution in [0.15, 0.2) is 12.1 Å². The summed E-state index contributed by atoms with van der Waals surface area (Å²) in [6, 6.07) is 2.24. The van der Waals surface area contributed by atoms with Crippen molar-refractivity contribution in [2.75, 3.05) is 25.6 Å². The van der Waals surface area contributed by atoms with Gasteiger partial charge in [-0.2, -0.15) is 0 Å². The Bertz CT molecular complexity index is 464. The lowest BCUT2D eigenvalue weighted by molar-refractivity contribution is -0.384. The lowest BCUT2D eigenvalue weighted by Gasteiger charge is -2.06. The molecule has 0 unspecified atom stereocenters. The topological polar surface area (TPSA) is 115 Å². The van der Waals surface area contributed by atoms with E-state index in [1.807, 2.05) is 0 Å². The first-order chi connectivity index (χ1) is 9.06. The van der Waals surface area contributed by atoms with Crippen LogP contribution in [0.2, 0.25) is 0 Å². The number of methoxy groups -OCH3 is 1. The number of aromatic nitrogens is 1. The Morgan fingerprint density at radius 1 is 1.53 bits per heavy atom. The molecule has 8 nitrogen and oxygen atoms in total. The zero-order valence-corrected chi connectivity index (χ0v) is 10.5. The first kappa shape index (κ1) is 14.8. The monoisotopic (exact) mass is 269 g/mol. The maximum absolute atomic E-state index is 10.8. The van der Waals surface area contributed by atoms with Crippen LogP contribution < -0.4 is 5.32 Å². The number of carbonyl (C=O) groups is 1. The number of unbranched alkanes of at least 4 members (excludes halogenated alkanes) is 1. The standard InChI is InChI=1S/C11H15N3O5/c1-19-7-3-2-6-12-10-9(14(17)18)5-4-8(13-10)11(15)16/h4-5H,2-3,6-7H2,1H3,(H,12,13)(H,15,16). The number of hydrogen-bond donors (Lipinski definition) is 2. The maximum atomic E-state index is 10.8. The van der Waals surface area contributed by atoms with Crippen molar-refractivity contribution in [3.05, 3.63) is 27.9 Å². The van der Waals surface area contributed by atoms with E-state index in [0.717, 1.165) is 25.0 Å². The lowest BCUT2D eigenvalue weighted by atomic mass is 10.3. The van der Waals surface area contributed by atoms with Gasteiger partial charge in [-0.05, 0) is 18.9 Å². The molecule has 1 rings (SSSR count). The van der Waals surface area contributed by atoms with E-state index in [4.69, 9.17) is 9.84 Å². The van der Waals surface area contributed by atoms with E-state index in [9.17, 15) is 14.9 Å². The number of nitro groups is 1. The zero-order chi connectivity index (χ0) is 14.3. The van der Waals surface area contributed by atoms with Gasteiger partial charge < -0.3 is 15.2 Å². The first-order valence-corrected chi connectivity index (χ1v) is 5.67. The lowest BCUT2D eigenvalue weighted by Crippen LogP contribution is -2.10. The molecule has 0 fully saturated rings. The first-order valence-electron chi connectivity index (χ1n) is 5.67. The molecule has 0 spiro atoms. The average molecular weight is 269 g/mol. The van der Waals surface area contributed by atoms with Gasteiger partial charge in [0.25, 0.3) is 0 Å². The SMILES string of the molecule is COCCCCNc1nc(C(=O)O)ccc1[N+](=O)[O-]. The molecule has 1 aromatic heterocycles. The predicted molar refractivity (Wildman–Crippen MR) is 67.5 cm³/mol. The predicted octanol–water partition coefficient (Wildman–Crippen LogP) is 1.53. The summed E-state index contributed by atoms with van der Waals surface area (Å²) in [6.07, 6.45) is 1.54. The van der Waals surface area contributed by atoms with Crippen molar-refractivity contribution in [1.29, 1.82) is 0 Å². The second-order valence-electron chi connectivity index (χ2n) is 3.75. The number of hydrogen-bond acceptors (Lipinski definition) is 6. The highest BCUT2D eigenvalue weighted by atomic mass is 16.6. The minimum Gasteiger partial charge on any atom is -0.477 e. The molecular weight excluding hydrogens is 254 g/mol. The van der Waals surface area contributed by atoms with E-state index >= 15 is 0 Å². The highest BCUT2D eigenvalue weighted by molar-refractivity contribution is 5.86. The summed E-state index contributed by atoms with van der Waals surface area (Å²) >= 11 is 0. The fraction of sp³-hybridized carbons (Fsp3) is 0.455. The van der Waals surface area contributed by atoms with Gasteiger partial charge in [-0.1, -0.05) is 0 Å². The van der Waals surface area contributed by atoms with E-state index in [0.29, 0.717) is 13.2 Å². The smallest absolute Gasteiger partial charge is 0.354 e. The van der Waals surface area contributed by atoms with Crippen LogP contribution in [0.25, 0.3) is 0 Å². The molecule has 0 aliphatic heterocycles. The minimum absolute atomic E-state index is 0.0256. The van der Waals surface area contributed by atoms with E-state index in [1.165, 1.54) is 0 Å². The third kappa shape index (κ3) is 4.51. The Morgan fingerprint density at radius 2 is 2.26 bits per heavy atom. The van der Waals surface area contributed by atoms with Crippen molar-refractivity contribution in [3.63, 3.8) is 0 Å². The van der Waals surface area contributed by atoms with Crippen molar-refractivity contribution in [3.8, 4) is 0 Å². The van der Waals surface area contributed by atoms with Gasteiger partial charge in [0.05, 0.1) is 4.92 Å². The van der Waals surface area contributed by atoms with Gasteiger partial charge in [0, 0.05) is 26.3 Å². The van der Waals surface area contributed by atoms with Crippen LogP contribution in [0.5, 0.6) is 0 Å². The fourth-order valence-corrected chi connectivity index (χ4v) is 1.43. The van der Waals surface area contributed by atoms with Crippen LogP contribution in [-0.2, 0) is 4.74 Å². The number of carboxylic acid groups (broad SMARTS) is 1. The van der Waals surface area contributed by atoms with Crippen LogP contribution in [0.1, 0.15) is 23.3 Å². The number of pyridine rings is 1. The van der Waals surface area contributed by atoms with Crippen LogP contribution in [0.3, 0.4) is 0 Å². The Hall–Kier alpha value is -2.22. The van der Waals surface area contributed by atoms with Crippen LogP contribution >= 0.6 is 0 Å². The summed E-state index contributed by atoms with van der Waals surface area (Å²) < 4.78 is 4.88. The summed E-state index contributed by atoms with van der Waals surface area (Å²) in [5.74, 6) is -1.25. The Kier molecular flexibility index (Phi) is 5.68. The fourth-order valence-electron chi connectivity index (χ4n) is 1.43. The van der Waals surface area contributed by atoms with Crippen molar-refractivity contribution < 1.29 is 19.6 Å². The largest absolute Gasteiger partial charge is 0.477 e. The maximum Gasteiger partial charge on any atom is 0.354 e. The molecule has 0 aliphatic carbocycles. The van der Waals surface area contributed by atoms with Crippen molar-refractivity contribution >= 4 is 17.5 Å². The Balaban J connectivity index is 2.74. The molecular formula is C11H15N3O5. The molecule has 0 aliphatic rings. The molecule has 0 saturated carbocycles. The summed E-state index contributed by atoms with van der Waals surface area (Å²) in [7, 11) is 1.59. The molecule has 0 aromatic carbocycles. The minimum atomic E-state index is -1.22. The van der Waals surface area contributed by atoms with Crippen LogP contribution in [-0.4, -0.2) is 41.2 Å². The van der Waals surface area contributed by atoms with Gasteiger partial charge in [-0.15, -0.1) is 0 Å². The number of nitrogens with zero attached hydrogens (tertiary/aromatic N) is 2. The van der Waals surface area contributed by atoms with Crippen LogP contribution in [0, 0.1) is 10.1 Å². The number of nitrogens with one attached hydrogen (secondary N) is 1. The summed E-state index contributed by atoms with van der Waals surface area (Å²) in [6.45, 7) is 1.06. The van der Waals surface area contributed by atoms with E-state index in [2.05, 4.69) is 10.3 Å². The second-order valence-corrected chi connectivity index (χ2v) is 3.75. The third-order valence-corrected chi connectivity index (χ3v) is 2.36. The number of carboxylic acids is 1. The van der Waals surface area contributed by atoms with Crippen molar-refractivity contribution in [2.24, 2.45) is 0 Å². The molecule has 0 amide bonds. The molecule has 2 N–H and O–H groups in total. The van der Waals surface area contributed by atoms with Gasteiger partial charge in [0.2, 0.25) is 5.82 Å². The van der Waals surface area contributed by atoms with Gasteiger partial charge in [0.1, 0.15) is 0 Å². The van der Waals surface area contributed by atoms with E-state index < -0.39 is 10.9 Å². The van der Waals surface area contributed by atoms with Crippen molar-refractivity contribution in [1.82, 2.24) is 4.98 Å². The van der Waals surface area contributed by atoms with Crippen molar-refractivity contribution in [2.45, 2.75) is 12.8 Å². The highest BCUT2D eigenvalue weighted by Crippen LogP contribution is 2.22. The summed E-state index contributed by atoms with van der Waals surface area (Å²) in [4.78, 5) is 24.7. The molecule has 0 bridgehead atoms. The number of ether oxygens (including phenoxy) is 1. The number of aromatic carboxylic acids is 1. The molecule has 0 radical (unpaired) electrons. The quantitative estimate of drug-likeness (QED) is 0.417. The molecule has 0 saturated heterocycles. The molecule has 0 atom stereocenters. The van der Waals surface area contributed by atoms with Gasteiger partial charge in [0.15, 0.2) is 5.69 Å². The molecule has 104 valence electrons. The van der Waals surface area contributed by atoms with Gasteiger partial charge in [-0.25, -0.2) is 9.78 Å². The summed E-state index contributed by atoms with van der Waals surface area (Å²) in [5.41, 5.74) is -0.471. The molecule has 8 heteroatoms. The summed E-state index contributed by atoms with van der Waals surface area (Å²) in [5, 5.41) is 22.4. The van der Waals surface area contributed by atoms with Crippen LogP contribution in [0.4, 0.5) is 11.5 Å². The van der Waals surface area contributed by atoms with Gasteiger partial charge >= 0.3 is 11.7 Å². The Morgan fingerprint density at radius 3 is 2.84 bits per heavy atom. The number of anilines is 1. The van der Waals surface area contributed by atoms with Gasteiger partial charge in [-0.3, -0.25) is 10.1 Å². The van der Waals surface area contributed by atoms with E-state index in [1.54, 1.807) is 7.11 Å². The average Bonchev–Trinajstić information content (AvgIpc) is 2.38. The molecule has 1 heterocycles. The molecule has 19 heavy (non-hydrogen) atoms. The zero-order valence-electron chi connectivity index (χ0n) is 10.5.